The average molecular weight is 431 g/mol. The largest absolute Gasteiger partial charge is 0.508 e. The molecule has 1 aromatic rings. The van der Waals surface area contributed by atoms with Gasteiger partial charge in [0.25, 0.3) is 0 Å². The monoisotopic (exact) mass is 430 g/mol. The van der Waals surface area contributed by atoms with Crippen LogP contribution in [0, 0.1) is 6.92 Å². The van der Waals surface area contributed by atoms with Gasteiger partial charge in [0.05, 0.1) is 11.7 Å². The van der Waals surface area contributed by atoms with Gasteiger partial charge in [0.2, 0.25) is 0 Å². The highest BCUT2D eigenvalue weighted by Crippen LogP contribution is 2.28. The minimum atomic E-state index is -1.05. The molecule has 0 aliphatic rings. The molecule has 0 heterocycles. The molecule has 0 saturated heterocycles. The predicted octanol–water partition coefficient (Wildman–Crippen LogP) is 6.26. The molecular weight excluding hydrogens is 388 g/mol. The van der Waals surface area contributed by atoms with Crippen LogP contribution in [0.2, 0.25) is 0 Å². The minimum Gasteiger partial charge on any atom is -0.508 e. The molecule has 4 N–H and O–H groups in total. The topological polar surface area (TPSA) is 80.9 Å². The van der Waals surface area contributed by atoms with E-state index < -0.39 is 11.7 Å². The van der Waals surface area contributed by atoms with Gasteiger partial charge < -0.3 is 20.4 Å². The van der Waals surface area contributed by atoms with Gasteiger partial charge in [0, 0.05) is 5.56 Å². The summed E-state index contributed by atoms with van der Waals surface area (Å²) in [5.41, 5.74) is 4.28. The van der Waals surface area contributed by atoms with Crippen molar-refractivity contribution in [2.45, 2.75) is 98.2 Å². The first-order chi connectivity index (χ1) is 14.4. The number of phenols is 2. The standard InChI is InChI=1S/C27H42O4/c1-19(10-8-12-21(3)14-16-25(29)27(5,6)31)9-7-11-20(2)13-15-23-18-24(28)17-22(4)26(23)30/h9,12-13,17-18,25,28-31H,7-8,10-11,14-16H2,1-6H3/b19-9+,20-13+,21-12+. The molecule has 4 nitrogen and oxygen atoms in total. The van der Waals surface area contributed by atoms with Gasteiger partial charge in [-0.1, -0.05) is 34.9 Å². The molecule has 31 heavy (non-hydrogen) atoms. The fraction of sp³-hybridized carbons (Fsp3) is 0.556. The normalized spacial score (nSPS) is 14.8. The van der Waals surface area contributed by atoms with E-state index in [1.165, 1.54) is 16.7 Å². The van der Waals surface area contributed by atoms with Gasteiger partial charge in [-0.15, -0.1) is 0 Å². The molecule has 0 aliphatic carbocycles. The Kier molecular flexibility index (Phi) is 11.1. The average Bonchev–Trinajstić information content (AvgIpc) is 2.66. The molecule has 0 amide bonds. The van der Waals surface area contributed by atoms with Gasteiger partial charge in [-0.05, 0) is 104 Å². The lowest BCUT2D eigenvalue weighted by Gasteiger charge is -2.24. The fourth-order valence-electron chi connectivity index (χ4n) is 3.39. The van der Waals surface area contributed by atoms with Crippen LogP contribution in [0.4, 0.5) is 0 Å². The summed E-state index contributed by atoms with van der Waals surface area (Å²) in [6, 6.07) is 3.19. The Morgan fingerprint density at radius 1 is 0.903 bits per heavy atom. The summed E-state index contributed by atoms with van der Waals surface area (Å²) >= 11 is 0. The number of hydrogen-bond acceptors (Lipinski definition) is 4. The number of benzene rings is 1. The van der Waals surface area contributed by atoms with E-state index in [1.54, 1.807) is 32.9 Å². The third-order valence-electron chi connectivity index (χ3n) is 5.73. The number of allylic oxidation sites excluding steroid dienone is 6. The van der Waals surface area contributed by atoms with Crippen molar-refractivity contribution in [3.05, 3.63) is 58.2 Å². The first-order valence-corrected chi connectivity index (χ1v) is 11.3. The lowest BCUT2D eigenvalue weighted by Crippen LogP contribution is -2.35. The number of aliphatic hydroxyl groups is 2. The Labute approximate surface area is 188 Å². The highest BCUT2D eigenvalue weighted by atomic mass is 16.3. The number of phenolic OH excluding ortho intramolecular Hbond substituents is 2. The lowest BCUT2D eigenvalue weighted by molar-refractivity contribution is -0.0509. The maximum Gasteiger partial charge on any atom is 0.122 e. The summed E-state index contributed by atoms with van der Waals surface area (Å²) in [4.78, 5) is 0. The number of hydrogen-bond donors (Lipinski definition) is 4. The fourth-order valence-corrected chi connectivity index (χ4v) is 3.39. The first-order valence-electron chi connectivity index (χ1n) is 11.3. The molecule has 1 unspecified atom stereocenters. The van der Waals surface area contributed by atoms with E-state index >= 15 is 0 Å². The second kappa shape index (κ2) is 12.7. The van der Waals surface area contributed by atoms with Gasteiger partial charge in [-0.25, -0.2) is 0 Å². The number of rotatable bonds is 12. The van der Waals surface area contributed by atoms with E-state index in [4.69, 9.17) is 0 Å². The SMILES string of the molecule is C/C(=C\CC/C(C)=C/Cc1cc(O)cc(C)c1O)CC/C=C(\C)CCC(O)C(C)(C)O. The molecule has 0 radical (unpaired) electrons. The smallest absolute Gasteiger partial charge is 0.122 e. The van der Waals surface area contributed by atoms with Crippen LogP contribution in [-0.2, 0) is 6.42 Å². The van der Waals surface area contributed by atoms with Crippen LogP contribution in [0.1, 0.15) is 84.3 Å². The number of aliphatic hydroxyl groups excluding tert-OH is 1. The zero-order valence-electron chi connectivity index (χ0n) is 20.2. The van der Waals surface area contributed by atoms with E-state index in [0.717, 1.165) is 37.7 Å². The zero-order chi connectivity index (χ0) is 23.6. The Morgan fingerprint density at radius 3 is 1.97 bits per heavy atom. The predicted molar refractivity (Wildman–Crippen MR) is 129 cm³/mol. The summed E-state index contributed by atoms with van der Waals surface area (Å²) in [6.07, 6.45) is 11.9. The molecule has 4 heteroatoms. The van der Waals surface area contributed by atoms with Crippen LogP contribution in [0.15, 0.2) is 47.1 Å². The van der Waals surface area contributed by atoms with Crippen molar-refractivity contribution in [2.75, 3.05) is 0 Å². The Morgan fingerprint density at radius 2 is 1.42 bits per heavy atom. The van der Waals surface area contributed by atoms with Crippen molar-refractivity contribution in [2.24, 2.45) is 0 Å². The molecule has 0 fully saturated rings. The first kappa shape index (κ1) is 27.0. The summed E-state index contributed by atoms with van der Waals surface area (Å²) < 4.78 is 0. The van der Waals surface area contributed by atoms with Gasteiger partial charge in [-0.3, -0.25) is 0 Å². The van der Waals surface area contributed by atoms with Gasteiger partial charge in [0.1, 0.15) is 11.5 Å². The van der Waals surface area contributed by atoms with E-state index in [2.05, 4.69) is 39.0 Å². The van der Waals surface area contributed by atoms with Crippen molar-refractivity contribution in [3.63, 3.8) is 0 Å². The quantitative estimate of drug-likeness (QED) is 0.233. The van der Waals surface area contributed by atoms with Gasteiger partial charge in [0.15, 0.2) is 0 Å². The minimum absolute atomic E-state index is 0.188. The zero-order valence-corrected chi connectivity index (χ0v) is 20.2. The summed E-state index contributed by atoms with van der Waals surface area (Å²) in [5, 5.41) is 39.5. The molecule has 0 aromatic heterocycles. The maximum atomic E-state index is 10.1. The van der Waals surface area contributed by atoms with Gasteiger partial charge >= 0.3 is 0 Å². The lowest BCUT2D eigenvalue weighted by atomic mass is 9.95. The van der Waals surface area contributed by atoms with Crippen LogP contribution in [0.3, 0.4) is 0 Å². The number of aromatic hydroxyl groups is 2. The third kappa shape index (κ3) is 10.7. The highest BCUT2D eigenvalue weighted by Gasteiger charge is 2.23. The van der Waals surface area contributed by atoms with Crippen molar-refractivity contribution in [1.29, 1.82) is 0 Å². The van der Waals surface area contributed by atoms with E-state index in [-0.39, 0.29) is 11.5 Å². The summed E-state index contributed by atoms with van der Waals surface area (Å²) in [6.45, 7) is 11.4. The van der Waals surface area contributed by atoms with E-state index in [1.807, 2.05) is 0 Å². The Balaban J connectivity index is 2.40. The van der Waals surface area contributed by atoms with Crippen LogP contribution >= 0.6 is 0 Å². The van der Waals surface area contributed by atoms with Crippen molar-refractivity contribution < 1.29 is 20.4 Å². The molecule has 0 bridgehead atoms. The third-order valence-corrected chi connectivity index (χ3v) is 5.73. The van der Waals surface area contributed by atoms with Crippen molar-refractivity contribution in [1.82, 2.24) is 0 Å². The van der Waals surface area contributed by atoms with Crippen molar-refractivity contribution in [3.8, 4) is 11.5 Å². The molecule has 0 saturated carbocycles. The number of aryl methyl sites for hydroxylation is 1. The van der Waals surface area contributed by atoms with Gasteiger partial charge in [-0.2, -0.15) is 0 Å². The molecule has 174 valence electrons. The van der Waals surface area contributed by atoms with Crippen molar-refractivity contribution >= 4 is 0 Å². The molecule has 1 atom stereocenters. The Bertz CT molecular complexity index is 794. The van der Waals surface area contributed by atoms with Crippen LogP contribution < -0.4 is 0 Å². The van der Waals surface area contributed by atoms with E-state index in [9.17, 15) is 20.4 Å². The highest BCUT2D eigenvalue weighted by molar-refractivity contribution is 5.46. The summed E-state index contributed by atoms with van der Waals surface area (Å²) in [7, 11) is 0. The van der Waals surface area contributed by atoms with Crippen LogP contribution in [0.5, 0.6) is 11.5 Å². The maximum absolute atomic E-state index is 10.1. The van der Waals surface area contributed by atoms with Crippen LogP contribution in [0.25, 0.3) is 0 Å². The molecule has 0 aliphatic heterocycles. The summed E-state index contributed by atoms with van der Waals surface area (Å²) in [5.74, 6) is 0.447. The molecular formula is C27H42O4. The molecule has 1 rings (SSSR count). The second-order valence-electron chi connectivity index (χ2n) is 9.41. The second-order valence-corrected chi connectivity index (χ2v) is 9.41. The molecule has 1 aromatic carbocycles. The Hall–Kier alpha value is -2.04. The van der Waals surface area contributed by atoms with E-state index in [0.29, 0.717) is 18.4 Å². The molecule has 0 spiro atoms. The van der Waals surface area contributed by atoms with Crippen LogP contribution in [-0.4, -0.2) is 32.1 Å².